The molecule has 3 nitrogen and oxygen atoms in total. The zero-order chi connectivity index (χ0) is 17.8. The van der Waals surface area contributed by atoms with Gasteiger partial charge in [0.05, 0.1) is 5.69 Å². The fourth-order valence-electron chi connectivity index (χ4n) is 3.53. The highest BCUT2D eigenvalue weighted by molar-refractivity contribution is 7.13. The van der Waals surface area contributed by atoms with Gasteiger partial charge in [0.2, 0.25) is 5.91 Å². The van der Waals surface area contributed by atoms with Crippen LogP contribution in [0.15, 0.2) is 60.0 Å². The molecular weight excluding hydrogens is 340 g/mol. The minimum absolute atomic E-state index is 0.129. The van der Waals surface area contributed by atoms with E-state index >= 15 is 0 Å². The van der Waals surface area contributed by atoms with Gasteiger partial charge in [0.25, 0.3) is 0 Å². The number of anilines is 1. The number of nitrogens with zero attached hydrogens (tertiary/aromatic N) is 1. The molecule has 0 bridgehead atoms. The second kappa shape index (κ2) is 7.83. The summed E-state index contributed by atoms with van der Waals surface area (Å²) in [6.07, 6.45) is 5.57. The summed E-state index contributed by atoms with van der Waals surface area (Å²) in [7, 11) is 0. The van der Waals surface area contributed by atoms with E-state index in [1.165, 1.54) is 25.7 Å². The van der Waals surface area contributed by atoms with E-state index in [9.17, 15) is 4.79 Å². The number of aromatic nitrogens is 1. The minimum Gasteiger partial charge on any atom is -0.326 e. The second-order valence-corrected chi connectivity index (χ2v) is 7.74. The van der Waals surface area contributed by atoms with Gasteiger partial charge in [-0.2, -0.15) is 0 Å². The van der Waals surface area contributed by atoms with Crippen molar-refractivity contribution in [3.8, 4) is 21.8 Å². The van der Waals surface area contributed by atoms with Crippen LogP contribution in [0, 0.1) is 5.92 Å². The number of benzene rings is 2. The summed E-state index contributed by atoms with van der Waals surface area (Å²) >= 11 is 1.65. The molecule has 1 fully saturated rings. The molecule has 1 saturated carbocycles. The third-order valence-corrected chi connectivity index (χ3v) is 5.83. The van der Waals surface area contributed by atoms with Crippen LogP contribution in [0.5, 0.6) is 0 Å². The maximum atomic E-state index is 12.2. The predicted molar refractivity (Wildman–Crippen MR) is 108 cm³/mol. The fraction of sp³-hybridized carbons (Fsp3) is 0.273. The number of hydrogen-bond donors (Lipinski definition) is 1. The van der Waals surface area contributed by atoms with E-state index in [1.807, 2.05) is 42.5 Å². The van der Waals surface area contributed by atoms with Gasteiger partial charge in [-0.15, -0.1) is 11.3 Å². The molecule has 132 valence electrons. The summed E-state index contributed by atoms with van der Waals surface area (Å²) in [5.74, 6) is 0.699. The Balaban J connectivity index is 1.41. The molecular formula is C22H22N2OS. The van der Waals surface area contributed by atoms with Gasteiger partial charge < -0.3 is 5.32 Å². The van der Waals surface area contributed by atoms with Gasteiger partial charge in [-0.05, 0) is 30.9 Å². The molecule has 4 heteroatoms. The Morgan fingerprint density at radius 2 is 1.73 bits per heavy atom. The van der Waals surface area contributed by atoms with E-state index in [0.29, 0.717) is 12.3 Å². The van der Waals surface area contributed by atoms with E-state index < -0.39 is 0 Å². The van der Waals surface area contributed by atoms with Crippen LogP contribution in [0.4, 0.5) is 5.69 Å². The maximum absolute atomic E-state index is 12.2. The number of thiazole rings is 1. The summed E-state index contributed by atoms with van der Waals surface area (Å²) in [5.41, 5.74) is 4.03. The SMILES string of the molecule is O=C(CC1CCCC1)Nc1ccc(-c2csc(-c3ccccc3)n2)cc1. The zero-order valence-corrected chi connectivity index (χ0v) is 15.5. The lowest BCUT2D eigenvalue weighted by Gasteiger charge is -2.09. The van der Waals surface area contributed by atoms with E-state index in [4.69, 9.17) is 4.98 Å². The largest absolute Gasteiger partial charge is 0.326 e. The average Bonchev–Trinajstić information content (AvgIpc) is 3.35. The van der Waals surface area contributed by atoms with Crippen LogP contribution in [-0.4, -0.2) is 10.9 Å². The lowest BCUT2D eigenvalue weighted by molar-refractivity contribution is -0.117. The highest BCUT2D eigenvalue weighted by Gasteiger charge is 2.18. The molecule has 2 aromatic carbocycles. The number of carbonyl (C=O) groups is 1. The van der Waals surface area contributed by atoms with Crippen LogP contribution in [0.1, 0.15) is 32.1 Å². The quantitative estimate of drug-likeness (QED) is 0.605. The summed E-state index contributed by atoms with van der Waals surface area (Å²) < 4.78 is 0. The number of amides is 1. The normalized spacial score (nSPS) is 14.5. The first kappa shape index (κ1) is 17.0. The third-order valence-electron chi connectivity index (χ3n) is 4.94. The van der Waals surface area contributed by atoms with Crippen molar-refractivity contribution in [3.05, 3.63) is 60.0 Å². The van der Waals surface area contributed by atoms with Gasteiger partial charge in [0.1, 0.15) is 5.01 Å². The van der Waals surface area contributed by atoms with Crippen molar-refractivity contribution in [1.29, 1.82) is 0 Å². The number of hydrogen-bond acceptors (Lipinski definition) is 3. The van der Waals surface area contributed by atoms with Crippen molar-refractivity contribution in [2.24, 2.45) is 5.92 Å². The summed E-state index contributed by atoms with van der Waals surface area (Å²) in [5, 5.41) is 6.12. The number of carbonyl (C=O) groups excluding carboxylic acids is 1. The van der Waals surface area contributed by atoms with E-state index in [-0.39, 0.29) is 5.91 Å². The molecule has 0 spiro atoms. The first-order valence-corrected chi connectivity index (χ1v) is 10.1. The van der Waals surface area contributed by atoms with E-state index in [2.05, 4.69) is 22.8 Å². The van der Waals surface area contributed by atoms with Gasteiger partial charge in [-0.3, -0.25) is 4.79 Å². The monoisotopic (exact) mass is 362 g/mol. The summed E-state index contributed by atoms with van der Waals surface area (Å²) in [6, 6.07) is 18.2. The standard InChI is InChI=1S/C22H22N2OS/c25-21(14-16-6-4-5-7-16)23-19-12-10-17(11-13-19)20-15-26-22(24-20)18-8-2-1-3-9-18/h1-3,8-13,15-16H,4-7,14H2,(H,23,25). The Morgan fingerprint density at radius 1 is 1.00 bits per heavy atom. The zero-order valence-electron chi connectivity index (χ0n) is 14.7. The molecule has 1 aliphatic carbocycles. The van der Waals surface area contributed by atoms with E-state index in [0.717, 1.165) is 27.5 Å². The van der Waals surface area contributed by atoms with Crippen LogP contribution in [0.25, 0.3) is 21.8 Å². The first-order chi connectivity index (χ1) is 12.8. The Bertz CT molecular complexity index is 865. The summed E-state index contributed by atoms with van der Waals surface area (Å²) in [6.45, 7) is 0. The van der Waals surface area contributed by atoms with Gasteiger partial charge in [-0.25, -0.2) is 4.98 Å². The van der Waals surface area contributed by atoms with Gasteiger partial charge in [0.15, 0.2) is 0 Å². The topological polar surface area (TPSA) is 42.0 Å². The Kier molecular flexibility index (Phi) is 5.12. The lowest BCUT2D eigenvalue weighted by atomic mass is 10.0. The van der Waals surface area contributed by atoms with Crippen molar-refractivity contribution in [1.82, 2.24) is 4.98 Å². The molecule has 1 aromatic heterocycles. The molecule has 0 radical (unpaired) electrons. The molecule has 4 rings (SSSR count). The lowest BCUT2D eigenvalue weighted by Crippen LogP contribution is -2.14. The van der Waals surface area contributed by atoms with Crippen LogP contribution in [0.3, 0.4) is 0 Å². The molecule has 0 aliphatic heterocycles. The Hall–Kier alpha value is -2.46. The Morgan fingerprint density at radius 3 is 2.46 bits per heavy atom. The number of rotatable bonds is 5. The van der Waals surface area contributed by atoms with E-state index in [1.54, 1.807) is 11.3 Å². The molecule has 26 heavy (non-hydrogen) atoms. The molecule has 1 aliphatic rings. The molecule has 1 N–H and O–H groups in total. The van der Waals surface area contributed by atoms with Gasteiger partial charge in [-0.1, -0.05) is 55.3 Å². The van der Waals surface area contributed by atoms with Crippen molar-refractivity contribution < 1.29 is 4.79 Å². The summed E-state index contributed by atoms with van der Waals surface area (Å²) in [4.78, 5) is 16.9. The predicted octanol–water partition coefficient (Wildman–Crippen LogP) is 6.00. The molecule has 1 amide bonds. The van der Waals surface area contributed by atoms with Crippen molar-refractivity contribution in [2.75, 3.05) is 5.32 Å². The fourth-order valence-corrected chi connectivity index (χ4v) is 4.37. The highest BCUT2D eigenvalue weighted by atomic mass is 32.1. The molecule has 3 aromatic rings. The van der Waals surface area contributed by atoms with Crippen LogP contribution >= 0.6 is 11.3 Å². The van der Waals surface area contributed by atoms with Crippen molar-refractivity contribution >= 4 is 22.9 Å². The average molecular weight is 362 g/mol. The van der Waals surface area contributed by atoms with Crippen molar-refractivity contribution in [2.45, 2.75) is 32.1 Å². The molecule has 0 unspecified atom stereocenters. The van der Waals surface area contributed by atoms with Crippen molar-refractivity contribution in [3.63, 3.8) is 0 Å². The molecule has 1 heterocycles. The minimum atomic E-state index is 0.129. The second-order valence-electron chi connectivity index (χ2n) is 6.88. The highest BCUT2D eigenvalue weighted by Crippen LogP contribution is 2.30. The smallest absolute Gasteiger partial charge is 0.224 e. The van der Waals surface area contributed by atoms with Gasteiger partial charge >= 0.3 is 0 Å². The van der Waals surface area contributed by atoms with Crippen LogP contribution in [0.2, 0.25) is 0 Å². The molecule has 0 saturated heterocycles. The van der Waals surface area contributed by atoms with Gasteiger partial charge in [0, 0.05) is 28.6 Å². The Labute approximate surface area is 158 Å². The number of nitrogens with one attached hydrogen (secondary N) is 1. The van der Waals surface area contributed by atoms with Crippen LogP contribution < -0.4 is 5.32 Å². The van der Waals surface area contributed by atoms with Crippen LogP contribution in [-0.2, 0) is 4.79 Å². The maximum Gasteiger partial charge on any atom is 0.224 e. The first-order valence-electron chi connectivity index (χ1n) is 9.19. The molecule has 0 atom stereocenters. The third kappa shape index (κ3) is 4.02.